The highest BCUT2D eigenvalue weighted by Crippen LogP contribution is 2.34. The summed E-state index contributed by atoms with van der Waals surface area (Å²) in [6.07, 6.45) is 0. The monoisotopic (exact) mass is 207 g/mol. The number of likely N-dealkylation sites (N-methyl/N-ethyl adjacent to an activating group) is 1. The van der Waals surface area contributed by atoms with Gasteiger partial charge in [0.25, 0.3) is 0 Å². The van der Waals surface area contributed by atoms with Gasteiger partial charge in [0.1, 0.15) is 5.82 Å². The average molecular weight is 207 g/mol. The van der Waals surface area contributed by atoms with Gasteiger partial charge < -0.3 is 4.90 Å². The summed E-state index contributed by atoms with van der Waals surface area (Å²) in [4.78, 5) is 2.31. The lowest BCUT2D eigenvalue weighted by Gasteiger charge is -2.28. The largest absolute Gasteiger partial charge is 0.353 e. The fourth-order valence-corrected chi connectivity index (χ4v) is 1.94. The van der Waals surface area contributed by atoms with Gasteiger partial charge in [-0.1, -0.05) is 20.8 Å². The number of nitrogens with zero attached hydrogens (tertiary/aromatic N) is 3. The molecule has 0 bridgehead atoms. The van der Waals surface area contributed by atoms with Crippen LogP contribution in [0.25, 0.3) is 0 Å². The summed E-state index contributed by atoms with van der Waals surface area (Å²) in [6.45, 7) is 12.1. The first-order chi connectivity index (χ1) is 6.72. The first-order valence-corrected chi connectivity index (χ1v) is 5.54. The lowest BCUT2D eigenvalue weighted by Crippen LogP contribution is -2.38. The van der Waals surface area contributed by atoms with Gasteiger partial charge in [-0.15, -0.1) is 0 Å². The van der Waals surface area contributed by atoms with Crippen molar-refractivity contribution in [1.29, 1.82) is 0 Å². The van der Waals surface area contributed by atoms with Crippen LogP contribution in [0.3, 0.4) is 0 Å². The molecule has 0 N–H and O–H groups in total. The molecule has 0 fully saturated rings. The zero-order valence-electron chi connectivity index (χ0n) is 10.6. The van der Waals surface area contributed by atoms with Crippen molar-refractivity contribution < 1.29 is 0 Å². The van der Waals surface area contributed by atoms with Crippen molar-refractivity contribution in [3.05, 3.63) is 11.8 Å². The van der Waals surface area contributed by atoms with Crippen LogP contribution in [-0.4, -0.2) is 22.4 Å². The first kappa shape index (κ1) is 10.5. The maximum atomic E-state index is 4.68. The number of rotatable bonds is 0. The third kappa shape index (κ3) is 1.54. The molecule has 2 rings (SSSR count). The summed E-state index contributed by atoms with van der Waals surface area (Å²) in [7, 11) is 2.15. The molecule has 3 nitrogen and oxygen atoms in total. The molecule has 0 atom stereocenters. The van der Waals surface area contributed by atoms with Crippen LogP contribution in [-0.2, 0) is 12.0 Å². The predicted molar refractivity (Wildman–Crippen MR) is 63.4 cm³/mol. The van der Waals surface area contributed by atoms with Crippen LogP contribution in [0, 0.1) is 0 Å². The molecule has 0 unspecified atom stereocenters. The van der Waals surface area contributed by atoms with E-state index in [2.05, 4.69) is 62.4 Å². The van der Waals surface area contributed by atoms with Gasteiger partial charge >= 0.3 is 0 Å². The second kappa shape index (κ2) is 2.77. The quantitative estimate of drug-likeness (QED) is 0.651. The van der Waals surface area contributed by atoms with Crippen LogP contribution >= 0.6 is 0 Å². The minimum absolute atomic E-state index is 0.141. The molecule has 0 amide bonds. The van der Waals surface area contributed by atoms with Crippen LogP contribution < -0.4 is 4.90 Å². The van der Waals surface area contributed by atoms with Gasteiger partial charge in [-0.3, -0.25) is 0 Å². The van der Waals surface area contributed by atoms with E-state index in [0.29, 0.717) is 0 Å². The van der Waals surface area contributed by atoms with E-state index in [4.69, 9.17) is 0 Å². The fourth-order valence-electron chi connectivity index (χ4n) is 1.94. The van der Waals surface area contributed by atoms with E-state index in [-0.39, 0.29) is 11.0 Å². The molecular weight excluding hydrogens is 186 g/mol. The Hall–Kier alpha value is -0.990. The molecule has 1 aromatic heterocycles. The maximum absolute atomic E-state index is 4.68. The summed E-state index contributed by atoms with van der Waals surface area (Å²) in [5.41, 5.74) is 1.51. The number of anilines is 1. The van der Waals surface area contributed by atoms with Crippen LogP contribution in [0.4, 0.5) is 5.82 Å². The highest BCUT2D eigenvalue weighted by molar-refractivity contribution is 5.47. The first-order valence-electron chi connectivity index (χ1n) is 5.54. The molecule has 1 aliphatic heterocycles. The van der Waals surface area contributed by atoms with Crippen LogP contribution in [0.2, 0.25) is 0 Å². The van der Waals surface area contributed by atoms with E-state index < -0.39 is 0 Å². The van der Waals surface area contributed by atoms with Crippen molar-refractivity contribution in [2.45, 2.75) is 52.1 Å². The molecule has 15 heavy (non-hydrogen) atoms. The summed E-state index contributed by atoms with van der Waals surface area (Å²) in [6, 6.07) is 2.22. The van der Waals surface area contributed by atoms with E-state index in [9.17, 15) is 0 Å². The Balaban J connectivity index is 2.40. The summed E-state index contributed by atoms with van der Waals surface area (Å²) in [5, 5.41) is 4.68. The van der Waals surface area contributed by atoms with E-state index in [1.807, 2.05) is 0 Å². The van der Waals surface area contributed by atoms with Crippen LogP contribution in [0.1, 0.15) is 40.3 Å². The van der Waals surface area contributed by atoms with E-state index in [1.54, 1.807) is 0 Å². The molecule has 0 radical (unpaired) electrons. The predicted octanol–water partition coefficient (Wildman–Crippen LogP) is 2.41. The van der Waals surface area contributed by atoms with Gasteiger partial charge in [-0.2, -0.15) is 5.10 Å². The Morgan fingerprint density at radius 1 is 1.33 bits per heavy atom. The minimum Gasteiger partial charge on any atom is -0.353 e. The molecule has 84 valence electrons. The van der Waals surface area contributed by atoms with Crippen LogP contribution in [0.5, 0.6) is 0 Å². The number of hydrogen-bond donors (Lipinski definition) is 0. The number of fused-ring (bicyclic) bond motifs is 1. The molecular formula is C12H21N3. The Bertz CT molecular complexity index is 382. The Labute approximate surface area is 92.1 Å². The molecule has 2 heterocycles. The van der Waals surface area contributed by atoms with Gasteiger partial charge in [0.2, 0.25) is 0 Å². The number of aromatic nitrogens is 2. The van der Waals surface area contributed by atoms with Gasteiger partial charge in [0.05, 0.1) is 17.8 Å². The molecule has 1 aromatic rings. The third-order valence-corrected chi connectivity index (χ3v) is 3.32. The van der Waals surface area contributed by atoms with Gasteiger partial charge in [0.15, 0.2) is 0 Å². The summed E-state index contributed by atoms with van der Waals surface area (Å²) in [5.74, 6) is 1.24. The van der Waals surface area contributed by atoms with E-state index >= 15 is 0 Å². The topological polar surface area (TPSA) is 21.1 Å². The van der Waals surface area contributed by atoms with E-state index in [0.717, 1.165) is 6.54 Å². The molecule has 0 aromatic carbocycles. The molecule has 0 aliphatic carbocycles. The van der Waals surface area contributed by atoms with E-state index in [1.165, 1.54) is 11.5 Å². The van der Waals surface area contributed by atoms with Gasteiger partial charge in [-0.05, 0) is 13.8 Å². The Kier molecular flexibility index (Phi) is 1.95. The zero-order chi connectivity index (χ0) is 11.4. The second-order valence-electron chi connectivity index (χ2n) is 6.17. The highest BCUT2D eigenvalue weighted by atomic mass is 15.4. The van der Waals surface area contributed by atoms with Crippen molar-refractivity contribution in [2.24, 2.45) is 0 Å². The van der Waals surface area contributed by atoms with Crippen molar-refractivity contribution in [3.8, 4) is 0 Å². The van der Waals surface area contributed by atoms with Crippen LogP contribution in [0.15, 0.2) is 6.07 Å². The highest BCUT2D eigenvalue weighted by Gasteiger charge is 2.35. The standard InChI is InChI=1S/C12H21N3/c1-11(2,3)9-7-10-14(6)12(4,5)8-15(10)13-9/h7H,8H2,1-6H3. The summed E-state index contributed by atoms with van der Waals surface area (Å²) < 4.78 is 2.13. The Morgan fingerprint density at radius 3 is 2.40 bits per heavy atom. The third-order valence-electron chi connectivity index (χ3n) is 3.32. The minimum atomic E-state index is 0.141. The summed E-state index contributed by atoms with van der Waals surface area (Å²) >= 11 is 0. The molecule has 0 spiro atoms. The number of hydrogen-bond acceptors (Lipinski definition) is 2. The van der Waals surface area contributed by atoms with Crippen molar-refractivity contribution >= 4 is 5.82 Å². The lowest BCUT2D eigenvalue weighted by atomic mass is 9.92. The van der Waals surface area contributed by atoms with Crippen molar-refractivity contribution in [3.63, 3.8) is 0 Å². The second-order valence-corrected chi connectivity index (χ2v) is 6.17. The zero-order valence-corrected chi connectivity index (χ0v) is 10.6. The molecule has 1 aliphatic rings. The van der Waals surface area contributed by atoms with Crippen molar-refractivity contribution in [1.82, 2.24) is 9.78 Å². The lowest BCUT2D eigenvalue weighted by molar-refractivity contribution is 0.442. The normalized spacial score (nSPS) is 19.5. The smallest absolute Gasteiger partial charge is 0.127 e. The van der Waals surface area contributed by atoms with Crippen molar-refractivity contribution in [2.75, 3.05) is 11.9 Å². The maximum Gasteiger partial charge on any atom is 0.127 e. The SMILES string of the molecule is CN1c2cc(C(C)(C)C)nn2CC1(C)C. The molecule has 3 heteroatoms. The molecule has 0 saturated carbocycles. The van der Waals surface area contributed by atoms with Gasteiger partial charge in [-0.25, -0.2) is 4.68 Å². The van der Waals surface area contributed by atoms with Gasteiger partial charge in [0, 0.05) is 18.5 Å². The Morgan fingerprint density at radius 2 is 1.93 bits per heavy atom. The molecule has 0 saturated heterocycles. The fraction of sp³-hybridized carbons (Fsp3) is 0.750. The average Bonchev–Trinajstić information content (AvgIpc) is 2.51.